The molecule has 152 valence electrons. The normalized spacial score (nSPS) is 22.0. The second-order valence-electron chi connectivity index (χ2n) is 7.25. The summed E-state index contributed by atoms with van der Waals surface area (Å²) >= 11 is 0. The first kappa shape index (κ1) is 20.6. The van der Waals surface area contributed by atoms with Gasteiger partial charge in [0.25, 0.3) is 0 Å². The molecule has 1 aliphatic rings. The molecule has 0 saturated heterocycles. The Kier molecular flexibility index (Phi) is 7.65. The Morgan fingerprint density at radius 2 is 1.89 bits per heavy atom. The van der Waals surface area contributed by atoms with Crippen LogP contribution in [0.4, 0.5) is 5.69 Å². The highest BCUT2D eigenvalue weighted by Gasteiger charge is 2.20. The van der Waals surface area contributed by atoms with Gasteiger partial charge in [-0.15, -0.1) is 0 Å². The first-order valence-corrected chi connectivity index (χ1v) is 9.95. The molecule has 28 heavy (non-hydrogen) atoms. The first-order chi connectivity index (χ1) is 13.6. The van der Waals surface area contributed by atoms with Gasteiger partial charge in [-0.05, 0) is 49.9 Å². The largest absolute Gasteiger partial charge is 0.491 e. The molecular formula is C22H30N2O4. The Morgan fingerprint density at radius 1 is 1.07 bits per heavy atom. The molecule has 2 heterocycles. The van der Waals surface area contributed by atoms with Crippen molar-refractivity contribution < 1.29 is 19.7 Å². The smallest absolute Gasteiger partial charge is 0.142 e. The molecule has 2 N–H and O–H groups in total. The van der Waals surface area contributed by atoms with Crippen LogP contribution in [0, 0.1) is 6.92 Å². The van der Waals surface area contributed by atoms with Crippen LogP contribution in [0.1, 0.15) is 30.5 Å². The highest BCUT2D eigenvalue weighted by molar-refractivity contribution is 5.58. The van der Waals surface area contributed by atoms with E-state index < -0.39 is 12.2 Å². The van der Waals surface area contributed by atoms with Crippen LogP contribution in [-0.2, 0) is 11.3 Å². The molecule has 0 spiro atoms. The van der Waals surface area contributed by atoms with Crippen LogP contribution in [0.25, 0.3) is 0 Å². The van der Waals surface area contributed by atoms with Crippen LogP contribution in [-0.4, -0.2) is 53.8 Å². The van der Waals surface area contributed by atoms with Crippen molar-refractivity contribution >= 4 is 5.69 Å². The van der Waals surface area contributed by atoms with Gasteiger partial charge in [-0.1, -0.05) is 18.2 Å². The molecule has 6 nitrogen and oxygen atoms in total. The zero-order chi connectivity index (χ0) is 19.8. The molecule has 1 aromatic heterocycles. The van der Waals surface area contributed by atoms with Crippen molar-refractivity contribution in [2.75, 3.05) is 31.3 Å². The maximum atomic E-state index is 10.4. The zero-order valence-corrected chi connectivity index (χ0v) is 16.5. The van der Waals surface area contributed by atoms with Crippen molar-refractivity contribution in [2.24, 2.45) is 0 Å². The first-order valence-electron chi connectivity index (χ1n) is 9.95. The predicted octanol–water partition coefficient (Wildman–Crippen LogP) is 2.70. The summed E-state index contributed by atoms with van der Waals surface area (Å²) in [6.07, 6.45) is 2.31. The highest BCUT2D eigenvalue weighted by Crippen LogP contribution is 2.30. The van der Waals surface area contributed by atoms with E-state index in [0.717, 1.165) is 35.5 Å². The second-order valence-corrected chi connectivity index (χ2v) is 7.25. The van der Waals surface area contributed by atoms with Gasteiger partial charge in [-0.2, -0.15) is 0 Å². The standard InChI is InChI=1S/C22H30N2O4/c1-17-8-9-18(14-23-17)15-24-11-10-20(25)21(26)16-27-12-4-5-13-28-22-7-3-2-6-19(22)24/h2-3,6-9,14,20-21,25-26H,4-5,10-13,15-16H2,1H3/t20-,21+/m0/s1. The summed E-state index contributed by atoms with van der Waals surface area (Å²) in [5.41, 5.74) is 3.05. The van der Waals surface area contributed by atoms with Crippen LogP contribution in [0.3, 0.4) is 0 Å². The van der Waals surface area contributed by atoms with E-state index >= 15 is 0 Å². The Balaban J connectivity index is 1.83. The molecule has 2 aromatic rings. The quantitative estimate of drug-likeness (QED) is 0.827. The van der Waals surface area contributed by atoms with Crippen LogP contribution >= 0.6 is 0 Å². The molecule has 3 rings (SSSR count). The molecule has 0 amide bonds. The van der Waals surface area contributed by atoms with E-state index in [4.69, 9.17) is 9.47 Å². The topological polar surface area (TPSA) is 75.1 Å². The Hall–Kier alpha value is -2.15. The lowest BCUT2D eigenvalue weighted by Crippen LogP contribution is -2.35. The number of anilines is 1. The van der Waals surface area contributed by atoms with E-state index in [-0.39, 0.29) is 6.61 Å². The minimum absolute atomic E-state index is 0.153. The summed E-state index contributed by atoms with van der Waals surface area (Å²) in [7, 11) is 0. The van der Waals surface area contributed by atoms with Crippen molar-refractivity contribution in [3.63, 3.8) is 0 Å². The number of aromatic nitrogens is 1. The number of nitrogens with zero attached hydrogens (tertiary/aromatic N) is 2. The van der Waals surface area contributed by atoms with E-state index in [1.807, 2.05) is 43.5 Å². The predicted molar refractivity (Wildman–Crippen MR) is 109 cm³/mol. The van der Waals surface area contributed by atoms with Gasteiger partial charge in [0, 0.05) is 31.6 Å². The van der Waals surface area contributed by atoms with E-state index in [0.29, 0.717) is 32.7 Å². The van der Waals surface area contributed by atoms with Crippen molar-refractivity contribution in [1.29, 1.82) is 0 Å². The molecule has 2 atom stereocenters. The van der Waals surface area contributed by atoms with Gasteiger partial charge in [-0.25, -0.2) is 0 Å². The van der Waals surface area contributed by atoms with Crippen molar-refractivity contribution in [3.8, 4) is 5.75 Å². The summed E-state index contributed by atoms with van der Waals surface area (Å²) in [5.74, 6) is 0.829. The number of fused-ring (bicyclic) bond motifs is 1. The fourth-order valence-electron chi connectivity index (χ4n) is 3.22. The number of aliphatic hydroxyl groups is 2. The molecule has 0 aliphatic carbocycles. The Bertz CT molecular complexity index is 723. The fraction of sp³-hybridized carbons (Fsp3) is 0.500. The average Bonchev–Trinajstić information content (AvgIpc) is 2.71. The summed E-state index contributed by atoms with van der Waals surface area (Å²) in [4.78, 5) is 6.56. The maximum absolute atomic E-state index is 10.4. The van der Waals surface area contributed by atoms with Crippen LogP contribution < -0.4 is 9.64 Å². The van der Waals surface area contributed by atoms with Gasteiger partial charge < -0.3 is 24.6 Å². The molecule has 0 saturated carbocycles. The summed E-state index contributed by atoms with van der Waals surface area (Å²) in [6.45, 7) is 4.52. The van der Waals surface area contributed by atoms with Crippen LogP contribution in [0.2, 0.25) is 0 Å². The number of para-hydroxylation sites is 2. The van der Waals surface area contributed by atoms with Gasteiger partial charge in [0.15, 0.2) is 0 Å². The second kappa shape index (κ2) is 10.4. The highest BCUT2D eigenvalue weighted by atomic mass is 16.5. The van der Waals surface area contributed by atoms with Crippen molar-refractivity contribution in [3.05, 3.63) is 53.9 Å². The van der Waals surface area contributed by atoms with E-state index in [1.54, 1.807) is 0 Å². The summed E-state index contributed by atoms with van der Waals surface area (Å²) in [6, 6.07) is 12.0. The minimum atomic E-state index is -0.877. The molecule has 0 fully saturated rings. The number of hydrogen-bond acceptors (Lipinski definition) is 6. The average molecular weight is 386 g/mol. The monoisotopic (exact) mass is 386 g/mol. The number of benzene rings is 1. The van der Waals surface area contributed by atoms with Crippen molar-refractivity contribution in [2.45, 2.75) is 44.9 Å². The third kappa shape index (κ3) is 5.92. The lowest BCUT2D eigenvalue weighted by atomic mass is 10.1. The van der Waals surface area contributed by atoms with E-state index in [9.17, 15) is 10.2 Å². The Morgan fingerprint density at radius 3 is 2.71 bits per heavy atom. The number of aliphatic hydroxyl groups excluding tert-OH is 2. The Labute approximate surface area is 166 Å². The number of hydrogen-bond donors (Lipinski definition) is 2. The van der Waals surface area contributed by atoms with Crippen LogP contribution in [0.5, 0.6) is 5.75 Å². The number of ether oxygens (including phenoxy) is 2. The fourth-order valence-corrected chi connectivity index (χ4v) is 3.22. The van der Waals surface area contributed by atoms with Gasteiger partial charge in [0.05, 0.1) is 25.0 Å². The maximum Gasteiger partial charge on any atom is 0.142 e. The molecular weight excluding hydrogens is 356 g/mol. The summed E-state index contributed by atoms with van der Waals surface area (Å²) < 4.78 is 11.5. The number of aryl methyl sites for hydroxylation is 1. The van der Waals surface area contributed by atoms with Gasteiger partial charge in [-0.3, -0.25) is 4.98 Å². The minimum Gasteiger partial charge on any atom is -0.491 e. The third-order valence-electron chi connectivity index (χ3n) is 4.92. The zero-order valence-electron chi connectivity index (χ0n) is 16.5. The molecule has 6 heteroatoms. The van der Waals surface area contributed by atoms with E-state index in [1.165, 1.54) is 0 Å². The molecule has 1 aromatic carbocycles. The lowest BCUT2D eigenvalue weighted by molar-refractivity contribution is -0.0405. The third-order valence-corrected chi connectivity index (χ3v) is 4.92. The van der Waals surface area contributed by atoms with Gasteiger partial charge in [0.2, 0.25) is 0 Å². The molecule has 0 unspecified atom stereocenters. The summed E-state index contributed by atoms with van der Waals surface area (Å²) in [5, 5.41) is 20.5. The number of pyridine rings is 1. The lowest BCUT2D eigenvalue weighted by Gasteiger charge is -2.29. The van der Waals surface area contributed by atoms with E-state index in [2.05, 4.69) is 16.0 Å². The van der Waals surface area contributed by atoms with Gasteiger partial charge in [0.1, 0.15) is 11.9 Å². The molecule has 1 aliphatic heterocycles. The van der Waals surface area contributed by atoms with Crippen molar-refractivity contribution in [1.82, 2.24) is 4.98 Å². The number of rotatable bonds is 2. The SMILES string of the molecule is Cc1ccc(CN2CC[C@H](O)[C@H](O)COCCCCOc3ccccc32)cn1. The van der Waals surface area contributed by atoms with Gasteiger partial charge >= 0.3 is 0 Å². The molecule has 0 bridgehead atoms. The molecule has 0 radical (unpaired) electrons. The van der Waals surface area contributed by atoms with Crippen LogP contribution in [0.15, 0.2) is 42.6 Å².